The molecule has 0 aromatic carbocycles. The Morgan fingerprint density at radius 1 is 0.738 bits per heavy atom. The van der Waals surface area contributed by atoms with Gasteiger partial charge in [0.05, 0.1) is 0 Å². The fraction of sp³-hybridized carbons (Fsp3) is 0.179. The smallest absolute Gasteiger partial charge is 0.273 e. The lowest BCUT2D eigenvalue weighted by molar-refractivity contribution is 0.0911. The minimum atomic E-state index is -0.599. The standard InChI is InChI=1S/C28H23N7O7/c1-5-7-21-30-17(10-37-21)25-33-19(12-40-25)26-31-16(9-39-26)23(36)35-22(14(3)4)28-34-20(13-42-28)27-32-18(11-41-27)24-29-15(6-2)8-38-24/h5-6,8-14,22H,1-2,7H2,3-4H3,(H,35,36). The van der Waals surface area contributed by atoms with Gasteiger partial charge in [0.2, 0.25) is 29.5 Å². The predicted molar refractivity (Wildman–Crippen MR) is 144 cm³/mol. The van der Waals surface area contributed by atoms with Crippen molar-refractivity contribution in [2.45, 2.75) is 26.3 Å². The van der Waals surface area contributed by atoms with Crippen LogP contribution in [0.15, 0.2) is 83.3 Å². The molecular formula is C28H23N7O7. The van der Waals surface area contributed by atoms with E-state index in [2.05, 4.69) is 48.4 Å². The molecular weight excluding hydrogens is 546 g/mol. The van der Waals surface area contributed by atoms with E-state index in [1.165, 1.54) is 37.6 Å². The van der Waals surface area contributed by atoms with Gasteiger partial charge in [-0.05, 0) is 12.0 Å². The summed E-state index contributed by atoms with van der Waals surface area (Å²) >= 11 is 0. The Hall–Kier alpha value is -5.79. The highest BCUT2D eigenvalue weighted by Gasteiger charge is 2.27. The Balaban J connectivity index is 1.15. The molecule has 0 aliphatic rings. The highest BCUT2D eigenvalue weighted by molar-refractivity contribution is 5.92. The average Bonchev–Trinajstić information content (AvgIpc) is 3.83. The van der Waals surface area contributed by atoms with Crippen molar-refractivity contribution in [1.29, 1.82) is 0 Å². The van der Waals surface area contributed by atoms with Crippen molar-refractivity contribution in [3.05, 3.63) is 80.0 Å². The second-order valence-electron chi connectivity index (χ2n) is 9.28. The summed E-state index contributed by atoms with van der Waals surface area (Å²) in [6, 6.07) is -0.599. The molecule has 0 spiro atoms. The molecule has 6 aromatic heterocycles. The van der Waals surface area contributed by atoms with Gasteiger partial charge in [0.25, 0.3) is 5.91 Å². The van der Waals surface area contributed by atoms with Crippen molar-refractivity contribution in [2.24, 2.45) is 5.92 Å². The predicted octanol–water partition coefficient (Wildman–Crippen LogP) is 5.78. The molecule has 212 valence electrons. The fourth-order valence-corrected chi connectivity index (χ4v) is 3.86. The number of aromatic nitrogens is 6. The Morgan fingerprint density at radius 2 is 1.31 bits per heavy atom. The zero-order chi connectivity index (χ0) is 29.2. The number of hydrogen-bond acceptors (Lipinski definition) is 13. The summed E-state index contributed by atoms with van der Waals surface area (Å²) in [5.41, 5.74) is 2.02. The first-order valence-electron chi connectivity index (χ1n) is 12.7. The number of nitrogens with one attached hydrogen (secondary N) is 1. The summed E-state index contributed by atoms with van der Waals surface area (Å²) in [6.07, 6.45) is 12.0. The van der Waals surface area contributed by atoms with Crippen molar-refractivity contribution < 1.29 is 31.3 Å². The van der Waals surface area contributed by atoms with Crippen LogP contribution in [0, 0.1) is 5.92 Å². The van der Waals surface area contributed by atoms with Crippen molar-refractivity contribution in [2.75, 3.05) is 0 Å². The van der Waals surface area contributed by atoms with Gasteiger partial charge in [-0.2, -0.15) is 0 Å². The van der Waals surface area contributed by atoms with Crippen molar-refractivity contribution in [3.8, 4) is 46.3 Å². The van der Waals surface area contributed by atoms with Crippen LogP contribution in [0.3, 0.4) is 0 Å². The second-order valence-corrected chi connectivity index (χ2v) is 9.28. The molecule has 42 heavy (non-hydrogen) atoms. The zero-order valence-electron chi connectivity index (χ0n) is 22.4. The number of hydrogen-bond donors (Lipinski definition) is 1. The number of amides is 1. The molecule has 6 rings (SSSR count). The number of oxazole rings is 6. The molecule has 1 atom stereocenters. The van der Waals surface area contributed by atoms with Crippen LogP contribution in [0.1, 0.15) is 47.9 Å². The largest absolute Gasteiger partial charge is 0.448 e. The van der Waals surface area contributed by atoms with Crippen LogP contribution in [0.5, 0.6) is 0 Å². The maximum absolute atomic E-state index is 13.1. The normalized spacial score (nSPS) is 12.1. The van der Waals surface area contributed by atoms with Gasteiger partial charge in [-0.3, -0.25) is 4.79 Å². The van der Waals surface area contributed by atoms with E-state index in [0.717, 1.165) is 0 Å². The first-order valence-corrected chi connectivity index (χ1v) is 12.7. The van der Waals surface area contributed by atoms with E-state index in [4.69, 9.17) is 26.5 Å². The highest BCUT2D eigenvalue weighted by atomic mass is 16.4. The third-order valence-electron chi connectivity index (χ3n) is 5.96. The SMILES string of the molecule is C=CCc1nc(-c2nc(-c3nc(C(=O)NC(c4nc(-c5nc(-c6nc(C=C)co6)co5)co4)C(C)C)co3)co2)co1. The molecule has 1 N–H and O–H groups in total. The van der Waals surface area contributed by atoms with E-state index >= 15 is 0 Å². The summed E-state index contributed by atoms with van der Waals surface area (Å²) in [7, 11) is 0. The summed E-state index contributed by atoms with van der Waals surface area (Å²) in [5, 5.41) is 2.89. The van der Waals surface area contributed by atoms with E-state index in [0.29, 0.717) is 35.1 Å². The number of nitrogens with zero attached hydrogens (tertiary/aromatic N) is 6. The number of carbonyl (C=O) groups excluding carboxylic acids is 1. The molecule has 0 aliphatic carbocycles. The summed E-state index contributed by atoms with van der Waals surface area (Å²) in [5.74, 6) is 0.922. The molecule has 0 radical (unpaired) electrons. The third kappa shape index (κ3) is 5.20. The molecule has 0 saturated carbocycles. The van der Waals surface area contributed by atoms with Crippen LogP contribution in [0.2, 0.25) is 0 Å². The number of rotatable bonds is 11. The van der Waals surface area contributed by atoms with E-state index in [1.807, 2.05) is 13.8 Å². The van der Waals surface area contributed by atoms with Gasteiger partial charge >= 0.3 is 0 Å². The zero-order valence-corrected chi connectivity index (χ0v) is 22.4. The highest BCUT2D eigenvalue weighted by Crippen LogP contribution is 2.29. The monoisotopic (exact) mass is 569 g/mol. The quantitative estimate of drug-likeness (QED) is 0.185. The molecule has 1 unspecified atom stereocenters. The fourth-order valence-electron chi connectivity index (χ4n) is 3.86. The lowest BCUT2D eigenvalue weighted by atomic mass is 10.0. The van der Waals surface area contributed by atoms with Crippen molar-refractivity contribution >= 4 is 12.0 Å². The maximum Gasteiger partial charge on any atom is 0.273 e. The second kappa shape index (κ2) is 11.0. The van der Waals surface area contributed by atoms with E-state index in [-0.39, 0.29) is 46.8 Å². The third-order valence-corrected chi connectivity index (χ3v) is 5.96. The minimum Gasteiger partial charge on any atom is -0.448 e. The lowest BCUT2D eigenvalue weighted by Gasteiger charge is -2.18. The average molecular weight is 570 g/mol. The van der Waals surface area contributed by atoms with Crippen LogP contribution in [0.25, 0.3) is 52.4 Å². The number of carbonyl (C=O) groups is 1. The van der Waals surface area contributed by atoms with Crippen LogP contribution in [0.4, 0.5) is 0 Å². The Bertz CT molecular complexity index is 1860. The van der Waals surface area contributed by atoms with E-state index in [1.54, 1.807) is 12.2 Å². The Kier molecular flexibility index (Phi) is 6.92. The summed E-state index contributed by atoms with van der Waals surface area (Å²) in [6.45, 7) is 11.1. The van der Waals surface area contributed by atoms with Crippen molar-refractivity contribution in [3.63, 3.8) is 0 Å². The first kappa shape index (κ1) is 26.4. The Labute approximate surface area is 237 Å². The molecule has 6 heterocycles. The molecule has 14 heteroatoms. The minimum absolute atomic E-state index is 0.0314. The van der Waals surface area contributed by atoms with Gasteiger partial charge in [-0.15, -0.1) is 6.58 Å². The van der Waals surface area contributed by atoms with Gasteiger partial charge < -0.3 is 31.8 Å². The molecule has 14 nitrogen and oxygen atoms in total. The van der Waals surface area contributed by atoms with Crippen LogP contribution in [-0.4, -0.2) is 35.8 Å². The molecule has 0 aliphatic heterocycles. The lowest BCUT2D eigenvalue weighted by Crippen LogP contribution is -2.32. The molecule has 0 bridgehead atoms. The summed E-state index contributed by atoms with van der Waals surface area (Å²) in [4.78, 5) is 39.1. The first-order chi connectivity index (χ1) is 20.4. The molecule has 0 saturated heterocycles. The molecule has 0 fully saturated rings. The topological polar surface area (TPSA) is 185 Å². The molecule has 1 amide bonds. The maximum atomic E-state index is 13.1. The van der Waals surface area contributed by atoms with Gasteiger partial charge in [-0.1, -0.05) is 26.5 Å². The Morgan fingerprint density at radius 3 is 1.98 bits per heavy atom. The van der Waals surface area contributed by atoms with Gasteiger partial charge in [0.1, 0.15) is 49.3 Å². The van der Waals surface area contributed by atoms with Crippen molar-refractivity contribution in [1.82, 2.24) is 35.2 Å². The van der Waals surface area contributed by atoms with E-state index < -0.39 is 11.9 Å². The van der Waals surface area contributed by atoms with Crippen LogP contribution >= 0.6 is 0 Å². The number of allylic oxidation sites excluding steroid dienone is 1. The van der Waals surface area contributed by atoms with Crippen LogP contribution in [-0.2, 0) is 6.42 Å². The van der Waals surface area contributed by atoms with E-state index in [9.17, 15) is 4.79 Å². The molecule has 6 aromatic rings. The van der Waals surface area contributed by atoms with Crippen LogP contribution < -0.4 is 5.32 Å². The summed E-state index contributed by atoms with van der Waals surface area (Å²) < 4.78 is 32.9. The van der Waals surface area contributed by atoms with Gasteiger partial charge in [0, 0.05) is 6.42 Å². The van der Waals surface area contributed by atoms with Gasteiger partial charge in [0.15, 0.2) is 34.4 Å². The van der Waals surface area contributed by atoms with Gasteiger partial charge in [-0.25, -0.2) is 29.9 Å².